The van der Waals surface area contributed by atoms with E-state index in [1.54, 1.807) is 0 Å². The second-order valence-electron chi connectivity index (χ2n) is 7.43. The number of aryl methyl sites for hydroxylation is 3. The van der Waals surface area contributed by atoms with Crippen LogP contribution >= 0.6 is 0 Å². The molecule has 0 unspecified atom stereocenters. The van der Waals surface area contributed by atoms with E-state index in [9.17, 15) is 4.79 Å². The zero-order valence-electron chi connectivity index (χ0n) is 16.8. The minimum atomic E-state index is -0.0468. The summed E-state index contributed by atoms with van der Waals surface area (Å²) in [5.41, 5.74) is 5.93. The SMILES string of the molecule is CC[C@@H](NC(=O)N1CCN(c2cc(C)ccc2C)CC1)c1cc(C)ccn1. The molecular formula is C22H30N4O. The number of pyridine rings is 1. The Bertz CT molecular complexity index is 797. The predicted octanol–water partition coefficient (Wildman–Crippen LogP) is 3.99. The normalized spacial score (nSPS) is 15.6. The van der Waals surface area contributed by atoms with E-state index in [2.05, 4.69) is 54.2 Å². The van der Waals surface area contributed by atoms with Crippen LogP contribution in [0.2, 0.25) is 0 Å². The topological polar surface area (TPSA) is 48.5 Å². The molecule has 1 aromatic carbocycles. The highest BCUT2D eigenvalue weighted by Crippen LogP contribution is 2.23. The summed E-state index contributed by atoms with van der Waals surface area (Å²) in [6, 6.07) is 10.5. The molecule has 2 aromatic rings. The summed E-state index contributed by atoms with van der Waals surface area (Å²) in [4.78, 5) is 21.5. The molecule has 0 saturated carbocycles. The lowest BCUT2D eigenvalue weighted by molar-refractivity contribution is 0.189. The number of aromatic nitrogens is 1. The van der Waals surface area contributed by atoms with Gasteiger partial charge in [-0.2, -0.15) is 0 Å². The van der Waals surface area contributed by atoms with E-state index in [0.717, 1.165) is 43.9 Å². The lowest BCUT2D eigenvalue weighted by Crippen LogP contribution is -2.52. The van der Waals surface area contributed by atoms with Crippen molar-refractivity contribution in [3.05, 3.63) is 58.9 Å². The summed E-state index contributed by atoms with van der Waals surface area (Å²) in [6.45, 7) is 11.6. The maximum atomic E-state index is 12.8. The molecule has 5 nitrogen and oxygen atoms in total. The predicted molar refractivity (Wildman–Crippen MR) is 110 cm³/mol. The van der Waals surface area contributed by atoms with Crippen LogP contribution in [0, 0.1) is 20.8 Å². The maximum Gasteiger partial charge on any atom is 0.318 e. The molecule has 0 radical (unpaired) electrons. The van der Waals surface area contributed by atoms with E-state index >= 15 is 0 Å². The molecule has 144 valence electrons. The number of nitrogens with zero attached hydrogens (tertiary/aromatic N) is 3. The van der Waals surface area contributed by atoms with Crippen molar-refractivity contribution in [2.75, 3.05) is 31.1 Å². The van der Waals surface area contributed by atoms with E-state index in [4.69, 9.17) is 0 Å². The molecule has 1 fully saturated rings. The van der Waals surface area contributed by atoms with Crippen LogP contribution in [-0.2, 0) is 0 Å². The molecule has 3 rings (SSSR count). The van der Waals surface area contributed by atoms with Crippen LogP contribution in [0.25, 0.3) is 0 Å². The molecule has 2 heterocycles. The molecule has 27 heavy (non-hydrogen) atoms. The number of benzene rings is 1. The molecule has 1 N–H and O–H groups in total. The van der Waals surface area contributed by atoms with Gasteiger partial charge in [0.1, 0.15) is 0 Å². The lowest BCUT2D eigenvalue weighted by atomic mass is 10.1. The van der Waals surface area contributed by atoms with E-state index in [0.29, 0.717) is 0 Å². The Kier molecular flexibility index (Phi) is 5.99. The van der Waals surface area contributed by atoms with Crippen molar-refractivity contribution in [3.8, 4) is 0 Å². The Morgan fingerprint density at radius 3 is 2.44 bits per heavy atom. The van der Waals surface area contributed by atoms with Crippen molar-refractivity contribution >= 4 is 11.7 Å². The number of carbonyl (C=O) groups excluding carboxylic acids is 1. The van der Waals surface area contributed by atoms with Crippen LogP contribution in [0.5, 0.6) is 0 Å². The molecule has 2 amide bonds. The molecule has 1 saturated heterocycles. The summed E-state index contributed by atoms with van der Waals surface area (Å²) in [5, 5.41) is 3.16. The number of carbonyl (C=O) groups is 1. The maximum absolute atomic E-state index is 12.8. The zero-order valence-corrected chi connectivity index (χ0v) is 16.8. The van der Waals surface area contributed by atoms with Gasteiger partial charge in [-0.15, -0.1) is 0 Å². The average Bonchev–Trinajstić information content (AvgIpc) is 2.68. The first kappa shape index (κ1) is 19.2. The highest BCUT2D eigenvalue weighted by atomic mass is 16.2. The summed E-state index contributed by atoms with van der Waals surface area (Å²) in [6.07, 6.45) is 2.63. The van der Waals surface area contributed by atoms with Crippen molar-refractivity contribution in [1.82, 2.24) is 15.2 Å². The third kappa shape index (κ3) is 4.59. The summed E-state index contributed by atoms with van der Waals surface area (Å²) in [5.74, 6) is 0. The Hall–Kier alpha value is -2.56. The number of hydrogen-bond acceptors (Lipinski definition) is 3. The Morgan fingerprint density at radius 2 is 1.78 bits per heavy atom. The number of urea groups is 1. The standard InChI is InChI=1S/C22H30N4O/c1-5-19(20-14-17(3)8-9-23-20)24-22(27)26-12-10-25(11-13-26)21-15-16(2)6-7-18(21)4/h6-9,14-15,19H,5,10-13H2,1-4H3,(H,24,27)/t19-/m1/s1. The molecular weight excluding hydrogens is 336 g/mol. The van der Waals surface area contributed by atoms with Crippen LogP contribution in [-0.4, -0.2) is 42.1 Å². The van der Waals surface area contributed by atoms with Gasteiger partial charge >= 0.3 is 6.03 Å². The summed E-state index contributed by atoms with van der Waals surface area (Å²) < 4.78 is 0. The molecule has 1 aliphatic heterocycles. The fourth-order valence-electron chi connectivity index (χ4n) is 3.59. The van der Waals surface area contributed by atoms with Gasteiger partial charge < -0.3 is 15.1 Å². The van der Waals surface area contributed by atoms with Crippen LogP contribution in [0.15, 0.2) is 36.5 Å². The zero-order chi connectivity index (χ0) is 19.4. The third-order valence-corrected chi connectivity index (χ3v) is 5.27. The molecule has 1 atom stereocenters. The van der Waals surface area contributed by atoms with Crippen molar-refractivity contribution in [2.24, 2.45) is 0 Å². The molecule has 1 aromatic heterocycles. The lowest BCUT2D eigenvalue weighted by Gasteiger charge is -2.37. The van der Waals surface area contributed by atoms with Gasteiger partial charge in [-0.25, -0.2) is 4.79 Å². The fourth-order valence-corrected chi connectivity index (χ4v) is 3.59. The second kappa shape index (κ2) is 8.42. The molecule has 0 bridgehead atoms. The number of piperazine rings is 1. The van der Waals surface area contributed by atoms with Crippen LogP contribution in [0.4, 0.5) is 10.5 Å². The van der Waals surface area contributed by atoms with Crippen LogP contribution < -0.4 is 10.2 Å². The van der Waals surface area contributed by atoms with Crippen molar-refractivity contribution in [3.63, 3.8) is 0 Å². The summed E-state index contributed by atoms with van der Waals surface area (Å²) in [7, 11) is 0. The highest BCUT2D eigenvalue weighted by molar-refractivity contribution is 5.75. The largest absolute Gasteiger partial charge is 0.368 e. The van der Waals surface area contributed by atoms with E-state index < -0.39 is 0 Å². The first-order chi connectivity index (χ1) is 13.0. The van der Waals surface area contributed by atoms with Gasteiger partial charge in [0.25, 0.3) is 0 Å². The molecule has 1 aliphatic rings. The van der Waals surface area contributed by atoms with Gasteiger partial charge in [-0.3, -0.25) is 4.98 Å². The number of hydrogen-bond donors (Lipinski definition) is 1. The van der Waals surface area contributed by atoms with Gasteiger partial charge in [0.05, 0.1) is 11.7 Å². The number of amides is 2. The van der Waals surface area contributed by atoms with Crippen LogP contribution in [0.3, 0.4) is 0 Å². The highest BCUT2D eigenvalue weighted by Gasteiger charge is 2.24. The number of nitrogens with one attached hydrogen (secondary N) is 1. The Labute approximate surface area is 162 Å². The van der Waals surface area contributed by atoms with Crippen molar-refractivity contribution in [2.45, 2.75) is 40.2 Å². The summed E-state index contributed by atoms with van der Waals surface area (Å²) >= 11 is 0. The van der Waals surface area contributed by atoms with E-state index in [-0.39, 0.29) is 12.1 Å². The Balaban J connectivity index is 1.60. The second-order valence-corrected chi connectivity index (χ2v) is 7.43. The van der Waals surface area contributed by atoms with Gasteiger partial charge in [-0.05, 0) is 62.1 Å². The van der Waals surface area contributed by atoms with Crippen molar-refractivity contribution in [1.29, 1.82) is 0 Å². The van der Waals surface area contributed by atoms with E-state index in [1.165, 1.54) is 16.8 Å². The van der Waals surface area contributed by atoms with Gasteiger partial charge in [-0.1, -0.05) is 19.1 Å². The number of anilines is 1. The minimum Gasteiger partial charge on any atom is -0.368 e. The minimum absolute atomic E-state index is 0.00534. The quantitative estimate of drug-likeness (QED) is 0.890. The van der Waals surface area contributed by atoms with Gasteiger partial charge in [0.15, 0.2) is 0 Å². The number of rotatable bonds is 4. The first-order valence-corrected chi connectivity index (χ1v) is 9.78. The monoisotopic (exact) mass is 366 g/mol. The fraction of sp³-hybridized carbons (Fsp3) is 0.455. The molecule has 5 heteroatoms. The molecule has 0 spiro atoms. The van der Waals surface area contributed by atoms with Gasteiger partial charge in [0.2, 0.25) is 0 Å². The smallest absolute Gasteiger partial charge is 0.318 e. The average molecular weight is 367 g/mol. The van der Waals surface area contributed by atoms with Gasteiger partial charge in [0, 0.05) is 38.1 Å². The molecule has 0 aliphatic carbocycles. The van der Waals surface area contributed by atoms with Crippen molar-refractivity contribution < 1.29 is 4.79 Å². The van der Waals surface area contributed by atoms with E-state index in [1.807, 2.05) is 30.2 Å². The third-order valence-electron chi connectivity index (χ3n) is 5.27. The van der Waals surface area contributed by atoms with Crippen LogP contribution in [0.1, 0.15) is 41.8 Å². The Morgan fingerprint density at radius 1 is 1.07 bits per heavy atom. The first-order valence-electron chi connectivity index (χ1n) is 9.78.